The summed E-state index contributed by atoms with van der Waals surface area (Å²) in [4.78, 5) is 23.8. The molecule has 1 aromatic heterocycles. The number of carbonyl (C=O) groups excluding carboxylic acids is 2. The first kappa shape index (κ1) is 13.8. The van der Waals surface area contributed by atoms with Crippen molar-refractivity contribution in [3.05, 3.63) is 36.0 Å². The maximum atomic E-state index is 12.2. The van der Waals surface area contributed by atoms with Crippen LogP contribution in [0.5, 0.6) is 0 Å². The Balaban J connectivity index is 1.77. The van der Waals surface area contributed by atoms with Crippen LogP contribution >= 0.6 is 0 Å². The second-order valence-electron chi connectivity index (χ2n) is 5.55. The minimum absolute atomic E-state index is 0.0559. The van der Waals surface area contributed by atoms with Crippen LogP contribution in [0, 0.1) is 5.92 Å². The summed E-state index contributed by atoms with van der Waals surface area (Å²) < 4.78 is 1.56. The molecule has 2 aromatic rings. The molecule has 0 aliphatic carbocycles. The molecule has 2 N–H and O–H groups in total. The number of amides is 1. The van der Waals surface area contributed by atoms with Crippen molar-refractivity contribution in [3.8, 4) is 0 Å². The maximum absolute atomic E-state index is 12.2. The fourth-order valence-corrected chi connectivity index (χ4v) is 2.77. The third-order valence-corrected chi connectivity index (χ3v) is 4.01. The van der Waals surface area contributed by atoms with Crippen LogP contribution in [0.2, 0.25) is 0 Å². The Kier molecular flexibility index (Phi) is 3.75. The number of benzene rings is 1. The molecule has 110 valence electrons. The summed E-state index contributed by atoms with van der Waals surface area (Å²) in [6, 6.07) is 7.33. The minimum atomic E-state index is -0.0832. The molecule has 3 rings (SSSR count). The number of hydrogen-bond acceptors (Lipinski definition) is 3. The summed E-state index contributed by atoms with van der Waals surface area (Å²) in [5.41, 5.74) is 1.37. The topological polar surface area (TPSA) is 63.1 Å². The summed E-state index contributed by atoms with van der Waals surface area (Å²) in [6.07, 6.45) is 2.84. The van der Waals surface area contributed by atoms with Gasteiger partial charge in [0.1, 0.15) is 0 Å². The standard InChI is InChI=1S/C16H19N3O2/c1-11(20)19-7-5-13-2-3-14(8-15(13)19)16(21)18-10-12-4-6-17-9-12/h2-3,5,7-8,12,17H,4,6,9-10H2,1H3,(H,18,21). The van der Waals surface area contributed by atoms with Gasteiger partial charge in [-0.25, -0.2) is 0 Å². The number of carbonyl (C=O) groups is 2. The summed E-state index contributed by atoms with van der Waals surface area (Å²) in [5, 5.41) is 7.22. The van der Waals surface area contributed by atoms with Gasteiger partial charge in [0.25, 0.3) is 5.91 Å². The first-order valence-corrected chi connectivity index (χ1v) is 7.26. The molecule has 1 aliphatic rings. The van der Waals surface area contributed by atoms with Crippen molar-refractivity contribution in [3.63, 3.8) is 0 Å². The molecule has 0 bridgehead atoms. The van der Waals surface area contributed by atoms with Crippen molar-refractivity contribution < 1.29 is 9.59 Å². The van der Waals surface area contributed by atoms with Crippen molar-refractivity contribution in [1.82, 2.24) is 15.2 Å². The molecule has 2 heterocycles. The Hall–Kier alpha value is -2.14. The molecule has 5 heteroatoms. The maximum Gasteiger partial charge on any atom is 0.251 e. The number of fused-ring (bicyclic) bond motifs is 1. The van der Waals surface area contributed by atoms with E-state index in [4.69, 9.17) is 0 Å². The van der Waals surface area contributed by atoms with Gasteiger partial charge >= 0.3 is 0 Å². The molecule has 1 unspecified atom stereocenters. The highest BCUT2D eigenvalue weighted by Gasteiger charge is 2.16. The third-order valence-electron chi connectivity index (χ3n) is 4.01. The quantitative estimate of drug-likeness (QED) is 0.901. The van der Waals surface area contributed by atoms with E-state index in [0.29, 0.717) is 18.0 Å². The summed E-state index contributed by atoms with van der Waals surface area (Å²) in [5.74, 6) is 0.374. The van der Waals surface area contributed by atoms with Gasteiger partial charge in [-0.2, -0.15) is 0 Å². The SMILES string of the molecule is CC(=O)n1ccc2ccc(C(=O)NCC3CCNC3)cc21. The molecule has 0 radical (unpaired) electrons. The van der Waals surface area contributed by atoms with Crippen molar-refractivity contribution >= 4 is 22.7 Å². The summed E-state index contributed by atoms with van der Waals surface area (Å²) in [6.45, 7) is 4.20. The molecular formula is C16H19N3O2. The molecule has 0 spiro atoms. The zero-order valence-electron chi connectivity index (χ0n) is 12.1. The molecule has 1 aromatic carbocycles. The lowest BCUT2D eigenvalue weighted by Crippen LogP contribution is -2.30. The largest absolute Gasteiger partial charge is 0.352 e. The lowest BCUT2D eigenvalue weighted by atomic mass is 10.1. The van der Waals surface area contributed by atoms with E-state index >= 15 is 0 Å². The average Bonchev–Trinajstić information content (AvgIpc) is 3.13. The minimum Gasteiger partial charge on any atom is -0.352 e. The van der Waals surface area contributed by atoms with Gasteiger partial charge < -0.3 is 10.6 Å². The molecule has 21 heavy (non-hydrogen) atoms. The Labute approximate surface area is 123 Å². The predicted molar refractivity (Wildman–Crippen MR) is 81.5 cm³/mol. The molecule has 1 atom stereocenters. The molecular weight excluding hydrogens is 266 g/mol. The van der Waals surface area contributed by atoms with Crippen molar-refractivity contribution in [1.29, 1.82) is 0 Å². The van der Waals surface area contributed by atoms with Gasteiger partial charge in [-0.15, -0.1) is 0 Å². The van der Waals surface area contributed by atoms with E-state index in [1.54, 1.807) is 22.9 Å². The van der Waals surface area contributed by atoms with Gasteiger partial charge in [-0.1, -0.05) is 6.07 Å². The Morgan fingerprint density at radius 1 is 1.38 bits per heavy atom. The van der Waals surface area contributed by atoms with E-state index in [1.807, 2.05) is 12.1 Å². The van der Waals surface area contributed by atoms with Crippen LogP contribution in [-0.2, 0) is 0 Å². The van der Waals surface area contributed by atoms with Gasteiger partial charge in [0.15, 0.2) is 0 Å². The van der Waals surface area contributed by atoms with Crippen LogP contribution in [-0.4, -0.2) is 36.0 Å². The molecule has 1 amide bonds. The van der Waals surface area contributed by atoms with Crippen LogP contribution in [0.4, 0.5) is 0 Å². The molecule has 1 fully saturated rings. The smallest absolute Gasteiger partial charge is 0.251 e. The second-order valence-corrected chi connectivity index (χ2v) is 5.55. The molecule has 1 aliphatic heterocycles. The van der Waals surface area contributed by atoms with E-state index in [2.05, 4.69) is 10.6 Å². The van der Waals surface area contributed by atoms with Gasteiger partial charge in [0.2, 0.25) is 5.91 Å². The van der Waals surface area contributed by atoms with Crippen LogP contribution in [0.3, 0.4) is 0 Å². The highest BCUT2D eigenvalue weighted by Crippen LogP contribution is 2.18. The monoisotopic (exact) mass is 285 g/mol. The lowest BCUT2D eigenvalue weighted by molar-refractivity contribution is 0.0933. The average molecular weight is 285 g/mol. The fourth-order valence-electron chi connectivity index (χ4n) is 2.77. The van der Waals surface area contributed by atoms with Crippen LogP contribution in [0.25, 0.3) is 10.9 Å². The highest BCUT2D eigenvalue weighted by molar-refractivity contribution is 6.00. The van der Waals surface area contributed by atoms with E-state index in [9.17, 15) is 9.59 Å². The Morgan fingerprint density at radius 2 is 2.24 bits per heavy atom. The van der Waals surface area contributed by atoms with Crippen LogP contribution in [0.1, 0.15) is 28.5 Å². The summed E-state index contributed by atoms with van der Waals surface area (Å²) in [7, 11) is 0. The van der Waals surface area contributed by atoms with Crippen LogP contribution < -0.4 is 10.6 Å². The predicted octanol–water partition coefficient (Wildman–Crippen LogP) is 1.64. The van der Waals surface area contributed by atoms with Crippen molar-refractivity contribution in [2.45, 2.75) is 13.3 Å². The first-order valence-electron chi connectivity index (χ1n) is 7.26. The first-order chi connectivity index (χ1) is 10.1. The third kappa shape index (κ3) is 2.83. The Morgan fingerprint density at radius 3 is 2.95 bits per heavy atom. The van der Waals surface area contributed by atoms with Gasteiger partial charge in [-0.05, 0) is 43.6 Å². The van der Waals surface area contributed by atoms with Gasteiger partial charge in [-0.3, -0.25) is 14.2 Å². The van der Waals surface area contributed by atoms with Gasteiger partial charge in [0.05, 0.1) is 5.52 Å². The zero-order chi connectivity index (χ0) is 14.8. The number of aromatic nitrogens is 1. The van der Waals surface area contributed by atoms with E-state index in [1.165, 1.54) is 6.92 Å². The molecule has 5 nitrogen and oxygen atoms in total. The number of rotatable bonds is 3. The Bertz CT molecular complexity index is 684. The molecule has 1 saturated heterocycles. The second kappa shape index (κ2) is 5.69. The number of hydrogen-bond donors (Lipinski definition) is 2. The number of nitrogens with zero attached hydrogens (tertiary/aromatic N) is 1. The lowest BCUT2D eigenvalue weighted by Gasteiger charge is -2.10. The molecule has 0 saturated carbocycles. The normalized spacial score (nSPS) is 18.0. The summed E-state index contributed by atoms with van der Waals surface area (Å²) >= 11 is 0. The van der Waals surface area contributed by atoms with E-state index < -0.39 is 0 Å². The zero-order valence-corrected chi connectivity index (χ0v) is 12.1. The fraction of sp³-hybridized carbons (Fsp3) is 0.375. The van der Waals surface area contributed by atoms with E-state index in [0.717, 1.165) is 30.4 Å². The van der Waals surface area contributed by atoms with Crippen molar-refractivity contribution in [2.24, 2.45) is 5.92 Å². The van der Waals surface area contributed by atoms with Gasteiger partial charge in [0, 0.05) is 30.6 Å². The number of nitrogens with one attached hydrogen (secondary N) is 2. The highest BCUT2D eigenvalue weighted by atomic mass is 16.2. The van der Waals surface area contributed by atoms with Crippen LogP contribution in [0.15, 0.2) is 30.5 Å². The van der Waals surface area contributed by atoms with Crippen molar-refractivity contribution in [2.75, 3.05) is 19.6 Å². The van der Waals surface area contributed by atoms with E-state index in [-0.39, 0.29) is 11.8 Å².